The Labute approximate surface area is 130 Å². The highest BCUT2D eigenvalue weighted by molar-refractivity contribution is 6.31. The van der Waals surface area contributed by atoms with E-state index in [-0.39, 0.29) is 5.75 Å². The van der Waals surface area contributed by atoms with Gasteiger partial charge < -0.3 is 10.1 Å². The third-order valence-electron chi connectivity index (χ3n) is 3.06. The van der Waals surface area contributed by atoms with Gasteiger partial charge in [0.25, 0.3) is 0 Å². The van der Waals surface area contributed by atoms with Crippen LogP contribution in [0.25, 0.3) is 10.9 Å². The summed E-state index contributed by atoms with van der Waals surface area (Å²) in [6.45, 7) is -2.83. The molecule has 0 aliphatic carbocycles. The Morgan fingerprint density at radius 2 is 1.82 bits per heavy atom. The van der Waals surface area contributed by atoms with Gasteiger partial charge in [0.05, 0.1) is 5.52 Å². The first-order chi connectivity index (χ1) is 10.6. The quantitative estimate of drug-likeness (QED) is 0.714. The fraction of sp³-hybridized carbons (Fsp3) is 0.0625. The maximum absolute atomic E-state index is 12.1. The normalized spacial score (nSPS) is 10.9. The average molecular weight is 321 g/mol. The van der Waals surface area contributed by atoms with Gasteiger partial charge in [-0.1, -0.05) is 11.6 Å². The van der Waals surface area contributed by atoms with Crippen LogP contribution in [0.15, 0.2) is 54.7 Å². The minimum Gasteiger partial charge on any atom is -0.435 e. The van der Waals surface area contributed by atoms with Crippen molar-refractivity contribution < 1.29 is 13.5 Å². The van der Waals surface area contributed by atoms with E-state index >= 15 is 0 Å². The van der Waals surface area contributed by atoms with E-state index in [1.54, 1.807) is 30.5 Å². The van der Waals surface area contributed by atoms with Crippen LogP contribution in [-0.4, -0.2) is 11.6 Å². The molecule has 0 aliphatic heterocycles. The molecule has 1 N–H and O–H groups in total. The fourth-order valence-electron chi connectivity index (χ4n) is 2.11. The summed E-state index contributed by atoms with van der Waals surface area (Å²) < 4.78 is 28.6. The van der Waals surface area contributed by atoms with Crippen molar-refractivity contribution >= 4 is 33.9 Å². The molecule has 3 aromatic rings. The molecule has 0 fully saturated rings. The number of fused-ring (bicyclic) bond motifs is 1. The predicted octanol–water partition coefficient (Wildman–Crippen LogP) is 5.23. The molecule has 2 aromatic carbocycles. The van der Waals surface area contributed by atoms with Crippen LogP contribution in [0.3, 0.4) is 0 Å². The van der Waals surface area contributed by atoms with Crippen LogP contribution in [-0.2, 0) is 0 Å². The molecule has 0 spiro atoms. The van der Waals surface area contributed by atoms with E-state index in [9.17, 15) is 8.78 Å². The Morgan fingerprint density at radius 1 is 1.05 bits per heavy atom. The van der Waals surface area contributed by atoms with E-state index in [1.165, 1.54) is 12.1 Å². The Bertz CT molecular complexity index is 794. The lowest BCUT2D eigenvalue weighted by Gasteiger charge is -2.10. The number of rotatable bonds is 4. The monoisotopic (exact) mass is 320 g/mol. The molecule has 0 saturated carbocycles. The number of nitrogens with one attached hydrogen (secondary N) is 1. The fourth-order valence-corrected chi connectivity index (χ4v) is 2.27. The van der Waals surface area contributed by atoms with Crippen LogP contribution < -0.4 is 10.1 Å². The van der Waals surface area contributed by atoms with E-state index < -0.39 is 6.61 Å². The van der Waals surface area contributed by atoms with E-state index in [1.807, 2.05) is 12.1 Å². The first-order valence-corrected chi connectivity index (χ1v) is 6.86. The molecule has 0 amide bonds. The van der Waals surface area contributed by atoms with Gasteiger partial charge in [-0.25, -0.2) is 0 Å². The van der Waals surface area contributed by atoms with Crippen molar-refractivity contribution in [3.63, 3.8) is 0 Å². The zero-order valence-corrected chi connectivity index (χ0v) is 12.0. The van der Waals surface area contributed by atoms with Crippen molar-refractivity contribution in [3.8, 4) is 5.75 Å². The number of hydrogen-bond acceptors (Lipinski definition) is 3. The second-order valence-corrected chi connectivity index (χ2v) is 4.98. The molecule has 1 aromatic heterocycles. The van der Waals surface area contributed by atoms with Crippen molar-refractivity contribution in [2.45, 2.75) is 6.61 Å². The van der Waals surface area contributed by atoms with Gasteiger partial charge in [-0.15, -0.1) is 0 Å². The van der Waals surface area contributed by atoms with Gasteiger partial charge in [0, 0.05) is 28.0 Å². The number of halogens is 3. The molecule has 0 saturated heterocycles. The van der Waals surface area contributed by atoms with E-state index in [0.717, 1.165) is 22.3 Å². The summed E-state index contributed by atoms with van der Waals surface area (Å²) in [5, 5.41) is 4.75. The molecule has 6 heteroatoms. The third kappa shape index (κ3) is 3.26. The third-order valence-corrected chi connectivity index (χ3v) is 3.30. The van der Waals surface area contributed by atoms with Gasteiger partial charge in [-0.2, -0.15) is 8.78 Å². The second kappa shape index (κ2) is 6.15. The van der Waals surface area contributed by atoms with Crippen LogP contribution in [0.2, 0.25) is 5.02 Å². The Kier molecular flexibility index (Phi) is 4.06. The lowest BCUT2D eigenvalue weighted by molar-refractivity contribution is -0.0498. The predicted molar refractivity (Wildman–Crippen MR) is 83.1 cm³/mol. The van der Waals surface area contributed by atoms with E-state index in [2.05, 4.69) is 15.0 Å². The summed E-state index contributed by atoms with van der Waals surface area (Å²) in [4.78, 5) is 4.26. The first-order valence-electron chi connectivity index (χ1n) is 6.48. The van der Waals surface area contributed by atoms with Crippen LogP contribution >= 0.6 is 11.6 Å². The molecular weight excluding hydrogens is 310 g/mol. The van der Waals surface area contributed by atoms with Crippen molar-refractivity contribution in [2.24, 2.45) is 0 Å². The maximum Gasteiger partial charge on any atom is 0.387 e. The lowest BCUT2D eigenvalue weighted by Crippen LogP contribution is -2.01. The minimum absolute atomic E-state index is 0.118. The number of pyridine rings is 1. The highest BCUT2D eigenvalue weighted by Crippen LogP contribution is 2.28. The summed E-state index contributed by atoms with van der Waals surface area (Å²) >= 11 is 5.95. The minimum atomic E-state index is -2.83. The molecule has 1 heterocycles. The first kappa shape index (κ1) is 14.5. The summed E-state index contributed by atoms with van der Waals surface area (Å²) in [7, 11) is 0. The van der Waals surface area contributed by atoms with Crippen molar-refractivity contribution in [1.82, 2.24) is 4.98 Å². The van der Waals surface area contributed by atoms with Crippen molar-refractivity contribution in [1.29, 1.82) is 0 Å². The second-order valence-electron chi connectivity index (χ2n) is 4.55. The number of nitrogens with zero attached hydrogens (tertiary/aromatic N) is 1. The standard InChI is InChI=1S/C16H11ClF2N2O/c17-10-1-6-13-14(7-8-20-15(13)9-10)21-11-2-4-12(5-3-11)22-16(18)19/h1-9,16H,(H,20,21). The van der Waals surface area contributed by atoms with Gasteiger partial charge in [0.15, 0.2) is 0 Å². The van der Waals surface area contributed by atoms with Crippen LogP contribution in [0, 0.1) is 0 Å². The number of alkyl halides is 2. The van der Waals surface area contributed by atoms with Gasteiger partial charge in [-0.3, -0.25) is 4.98 Å². The zero-order chi connectivity index (χ0) is 15.5. The highest BCUT2D eigenvalue weighted by atomic mass is 35.5. The molecule has 0 atom stereocenters. The average Bonchev–Trinajstić information content (AvgIpc) is 2.48. The Hall–Kier alpha value is -2.40. The summed E-state index contributed by atoms with van der Waals surface area (Å²) in [5.74, 6) is 0.118. The van der Waals surface area contributed by atoms with Crippen LogP contribution in [0.1, 0.15) is 0 Å². The molecule has 3 rings (SSSR count). The lowest BCUT2D eigenvalue weighted by atomic mass is 10.2. The van der Waals surface area contributed by atoms with Crippen LogP contribution in [0.5, 0.6) is 5.75 Å². The topological polar surface area (TPSA) is 34.1 Å². The smallest absolute Gasteiger partial charge is 0.387 e. The Morgan fingerprint density at radius 3 is 2.55 bits per heavy atom. The summed E-state index contributed by atoms with van der Waals surface area (Å²) in [6.07, 6.45) is 1.68. The zero-order valence-electron chi connectivity index (χ0n) is 11.3. The number of anilines is 2. The van der Waals surface area contributed by atoms with Gasteiger partial charge in [0.1, 0.15) is 5.75 Å². The van der Waals surface area contributed by atoms with Crippen molar-refractivity contribution in [2.75, 3.05) is 5.32 Å². The molecule has 0 radical (unpaired) electrons. The highest BCUT2D eigenvalue weighted by Gasteiger charge is 2.05. The molecular formula is C16H11ClF2N2O. The Balaban J connectivity index is 1.87. The van der Waals surface area contributed by atoms with Crippen molar-refractivity contribution in [3.05, 3.63) is 59.8 Å². The summed E-state index contributed by atoms with van der Waals surface area (Å²) in [6, 6.07) is 13.6. The summed E-state index contributed by atoms with van der Waals surface area (Å²) in [5.41, 5.74) is 2.38. The molecule has 112 valence electrons. The molecule has 3 nitrogen and oxygen atoms in total. The maximum atomic E-state index is 12.1. The molecule has 0 aliphatic rings. The van der Waals surface area contributed by atoms with Crippen LogP contribution in [0.4, 0.5) is 20.2 Å². The van der Waals surface area contributed by atoms with E-state index in [4.69, 9.17) is 11.6 Å². The van der Waals surface area contributed by atoms with Gasteiger partial charge in [-0.05, 0) is 48.5 Å². The van der Waals surface area contributed by atoms with Gasteiger partial charge in [0.2, 0.25) is 0 Å². The number of aromatic nitrogens is 1. The number of ether oxygens (including phenoxy) is 1. The SMILES string of the molecule is FC(F)Oc1ccc(Nc2ccnc3cc(Cl)ccc23)cc1. The van der Waals surface area contributed by atoms with Gasteiger partial charge >= 0.3 is 6.61 Å². The number of benzene rings is 2. The molecule has 0 unspecified atom stereocenters. The number of hydrogen-bond donors (Lipinski definition) is 1. The molecule has 0 bridgehead atoms. The van der Waals surface area contributed by atoms with E-state index in [0.29, 0.717) is 5.02 Å². The largest absolute Gasteiger partial charge is 0.435 e. The molecule has 22 heavy (non-hydrogen) atoms.